The molecule has 5 nitrogen and oxygen atoms in total. The van der Waals surface area contributed by atoms with Crippen molar-refractivity contribution in [2.24, 2.45) is 0 Å². The van der Waals surface area contributed by atoms with Crippen molar-refractivity contribution in [3.05, 3.63) is 53.3 Å². The molecule has 4 rings (SSSR count). The van der Waals surface area contributed by atoms with Gasteiger partial charge >= 0.3 is 0 Å². The number of benzene rings is 1. The lowest BCUT2D eigenvalue weighted by Gasteiger charge is -2.43. The van der Waals surface area contributed by atoms with Gasteiger partial charge in [0.15, 0.2) is 0 Å². The molecule has 2 aliphatic heterocycles. The Morgan fingerprint density at radius 3 is 2.56 bits per heavy atom. The van der Waals surface area contributed by atoms with Gasteiger partial charge in [-0.2, -0.15) is 0 Å². The highest BCUT2D eigenvalue weighted by Gasteiger charge is 2.49. The largest absolute Gasteiger partial charge is 0.497 e. The van der Waals surface area contributed by atoms with Crippen LogP contribution in [0.3, 0.4) is 0 Å². The monoisotopic (exact) mass is 379 g/mol. The minimum atomic E-state index is -1.49. The quantitative estimate of drug-likeness (QED) is 0.645. The van der Waals surface area contributed by atoms with Crippen LogP contribution < -0.4 is 10.1 Å². The zero-order chi connectivity index (χ0) is 19.2. The Morgan fingerprint density at radius 2 is 1.89 bits per heavy atom. The van der Waals surface area contributed by atoms with Crippen molar-refractivity contribution in [3.8, 4) is 17.2 Å². The third-order valence-corrected chi connectivity index (χ3v) is 6.05. The highest BCUT2D eigenvalue weighted by Crippen LogP contribution is 2.37. The first-order valence-corrected chi connectivity index (χ1v) is 12.8. The van der Waals surface area contributed by atoms with Gasteiger partial charge in [-0.3, -0.25) is 10.1 Å². The predicted octanol–water partition coefficient (Wildman–Crippen LogP) is 2.64. The summed E-state index contributed by atoms with van der Waals surface area (Å²) in [4.78, 5) is 15.2. The minimum Gasteiger partial charge on any atom is -0.497 e. The zero-order valence-corrected chi connectivity index (χ0v) is 17.3. The number of carbonyl (C=O) groups excluding carboxylic acids is 1. The average molecular weight is 380 g/mol. The summed E-state index contributed by atoms with van der Waals surface area (Å²) in [6, 6.07) is 11.9. The van der Waals surface area contributed by atoms with Crippen LogP contribution in [0.25, 0.3) is 0 Å². The second kappa shape index (κ2) is 6.29. The van der Waals surface area contributed by atoms with Crippen LogP contribution in [0, 0.1) is 11.5 Å². The Labute approximate surface area is 161 Å². The number of methoxy groups -OCH3 is 1. The molecule has 27 heavy (non-hydrogen) atoms. The van der Waals surface area contributed by atoms with E-state index in [9.17, 15) is 4.79 Å². The molecule has 6 heteroatoms. The van der Waals surface area contributed by atoms with Crippen molar-refractivity contribution in [1.29, 1.82) is 0 Å². The summed E-state index contributed by atoms with van der Waals surface area (Å²) >= 11 is 0. The molecule has 1 unspecified atom stereocenters. The van der Waals surface area contributed by atoms with Crippen molar-refractivity contribution < 1.29 is 9.53 Å². The molecule has 1 atom stereocenters. The SMILES string of the molecule is COc1ccc(C23Cn4c(C#C[Si](C)(C)C)ccc4C(=O)N2CCN3)cc1. The molecule has 2 aliphatic rings. The fourth-order valence-corrected chi connectivity index (χ4v) is 4.35. The van der Waals surface area contributed by atoms with Gasteiger partial charge in [0.2, 0.25) is 0 Å². The van der Waals surface area contributed by atoms with Crippen LogP contribution >= 0.6 is 0 Å². The molecule has 2 aromatic rings. The first-order valence-electron chi connectivity index (χ1n) is 9.28. The highest BCUT2D eigenvalue weighted by atomic mass is 28.3. The van der Waals surface area contributed by atoms with E-state index in [0.29, 0.717) is 13.1 Å². The van der Waals surface area contributed by atoms with Gasteiger partial charge in [-0.15, -0.1) is 5.54 Å². The molecule has 1 fully saturated rings. The molecule has 0 saturated carbocycles. The van der Waals surface area contributed by atoms with E-state index in [2.05, 4.69) is 41.0 Å². The third-order valence-electron chi connectivity index (χ3n) is 5.18. The second-order valence-corrected chi connectivity index (χ2v) is 12.9. The summed E-state index contributed by atoms with van der Waals surface area (Å²) in [6.07, 6.45) is 0. The van der Waals surface area contributed by atoms with E-state index in [1.54, 1.807) is 7.11 Å². The minimum absolute atomic E-state index is 0.0584. The fourth-order valence-electron chi connectivity index (χ4n) is 3.85. The standard InChI is InChI=1S/C21H25N3O2Si/c1-26-18-8-5-16(6-9-18)21-15-23-17(11-14-27(2,3)4)7-10-19(23)20(25)24(21)13-12-22-21/h5-10,22H,12-13,15H2,1-4H3. The van der Waals surface area contributed by atoms with E-state index in [1.165, 1.54) is 0 Å². The van der Waals surface area contributed by atoms with Crippen LogP contribution in [0.5, 0.6) is 5.75 Å². The summed E-state index contributed by atoms with van der Waals surface area (Å²) < 4.78 is 7.37. The Bertz CT molecular complexity index is 947. The molecule has 3 heterocycles. The normalized spacial score (nSPS) is 21.3. The van der Waals surface area contributed by atoms with E-state index in [-0.39, 0.29) is 5.91 Å². The summed E-state index contributed by atoms with van der Waals surface area (Å²) in [5, 5.41) is 3.59. The Morgan fingerprint density at radius 1 is 1.15 bits per heavy atom. The number of nitrogens with zero attached hydrogens (tertiary/aromatic N) is 2. The van der Waals surface area contributed by atoms with Crippen LogP contribution in [0.1, 0.15) is 21.7 Å². The highest BCUT2D eigenvalue weighted by molar-refractivity contribution is 6.83. The second-order valence-electron chi connectivity index (χ2n) is 8.16. The van der Waals surface area contributed by atoms with Crippen molar-refractivity contribution in [2.45, 2.75) is 31.8 Å². The van der Waals surface area contributed by atoms with Gasteiger partial charge in [0, 0.05) is 13.1 Å². The summed E-state index contributed by atoms with van der Waals surface area (Å²) in [5.74, 6) is 4.21. The molecule has 1 saturated heterocycles. The van der Waals surface area contributed by atoms with Crippen LogP contribution in [-0.4, -0.2) is 43.6 Å². The van der Waals surface area contributed by atoms with E-state index >= 15 is 0 Å². The van der Waals surface area contributed by atoms with Gasteiger partial charge in [0.25, 0.3) is 5.91 Å². The summed E-state index contributed by atoms with van der Waals surface area (Å²) in [6.45, 7) is 8.81. The summed E-state index contributed by atoms with van der Waals surface area (Å²) in [7, 11) is 0.165. The lowest BCUT2D eigenvalue weighted by Crippen LogP contribution is -2.57. The molecule has 140 valence electrons. The molecule has 0 bridgehead atoms. The molecule has 0 radical (unpaired) electrons. The average Bonchev–Trinajstić information content (AvgIpc) is 3.25. The zero-order valence-electron chi connectivity index (χ0n) is 16.3. The van der Waals surface area contributed by atoms with Crippen molar-refractivity contribution in [2.75, 3.05) is 20.2 Å². The van der Waals surface area contributed by atoms with Crippen LogP contribution in [-0.2, 0) is 12.2 Å². The smallest absolute Gasteiger partial charge is 0.272 e. The Kier molecular flexibility index (Phi) is 4.17. The molecule has 0 spiro atoms. The maximum absolute atomic E-state index is 13.2. The van der Waals surface area contributed by atoms with Gasteiger partial charge < -0.3 is 14.2 Å². The number of nitrogens with one attached hydrogen (secondary N) is 1. The van der Waals surface area contributed by atoms with Gasteiger partial charge in [-0.1, -0.05) is 37.7 Å². The van der Waals surface area contributed by atoms with Gasteiger partial charge in [-0.05, 0) is 29.8 Å². The van der Waals surface area contributed by atoms with Crippen molar-refractivity contribution in [3.63, 3.8) is 0 Å². The van der Waals surface area contributed by atoms with E-state index in [1.807, 2.05) is 41.3 Å². The fraction of sp³-hybridized carbons (Fsp3) is 0.381. The maximum Gasteiger partial charge on any atom is 0.272 e. The Balaban J connectivity index is 1.80. The summed E-state index contributed by atoms with van der Waals surface area (Å²) in [5.41, 5.74) is 5.60. The molecule has 1 aromatic heterocycles. The number of aromatic nitrogens is 1. The van der Waals surface area contributed by atoms with Crippen LogP contribution in [0.2, 0.25) is 19.6 Å². The lowest BCUT2D eigenvalue weighted by molar-refractivity contribution is 0.0396. The Hall–Kier alpha value is -2.49. The number of amides is 1. The van der Waals surface area contributed by atoms with E-state index in [0.717, 1.165) is 29.2 Å². The maximum atomic E-state index is 13.2. The lowest BCUT2D eigenvalue weighted by atomic mass is 9.95. The van der Waals surface area contributed by atoms with E-state index < -0.39 is 13.7 Å². The first kappa shape index (κ1) is 17.9. The van der Waals surface area contributed by atoms with Crippen LogP contribution in [0.15, 0.2) is 36.4 Å². The number of rotatable bonds is 2. The van der Waals surface area contributed by atoms with Gasteiger partial charge in [-0.25, -0.2) is 0 Å². The third kappa shape index (κ3) is 2.97. The number of hydrogen-bond acceptors (Lipinski definition) is 3. The molecular weight excluding hydrogens is 354 g/mol. The molecule has 1 aromatic carbocycles. The molecular formula is C21H25N3O2Si. The topological polar surface area (TPSA) is 46.5 Å². The van der Waals surface area contributed by atoms with Gasteiger partial charge in [0.05, 0.1) is 19.3 Å². The first-order chi connectivity index (χ1) is 12.8. The number of carbonyl (C=O) groups is 1. The number of ether oxygens (including phenoxy) is 1. The van der Waals surface area contributed by atoms with Gasteiger partial charge in [0.1, 0.15) is 25.2 Å². The number of hydrogen-bond donors (Lipinski definition) is 1. The van der Waals surface area contributed by atoms with Crippen molar-refractivity contribution in [1.82, 2.24) is 14.8 Å². The predicted molar refractivity (Wildman–Crippen MR) is 108 cm³/mol. The molecule has 0 aliphatic carbocycles. The number of fused-ring (bicyclic) bond motifs is 2. The van der Waals surface area contributed by atoms with E-state index in [4.69, 9.17) is 4.74 Å². The molecule has 1 amide bonds. The van der Waals surface area contributed by atoms with Crippen molar-refractivity contribution >= 4 is 14.0 Å². The van der Waals surface area contributed by atoms with Crippen LogP contribution in [0.4, 0.5) is 0 Å². The molecule has 1 N–H and O–H groups in total.